The van der Waals surface area contributed by atoms with Crippen LogP contribution in [0.15, 0.2) is 12.1 Å². The molecule has 0 fully saturated rings. The normalized spacial score (nSPS) is 13.0. The van der Waals surface area contributed by atoms with Gasteiger partial charge in [0.2, 0.25) is 0 Å². The van der Waals surface area contributed by atoms with E-state index in [2.05, 4.69) is 0 Å². The first-order valence-corrected chi connectivity index (χ1v) is 3.95. The molecule has 0 aliphatic rings. The van der Waals surface area contributed by atoms with Crippen molar-refractivity contribution in [2.45, 2.75) is 6.04 Å². The topological polar surface area (TPSA) is 46.2 Å². The highest BCUT2D eigenvalue weighted by Gasteiger charge is 2.14. The number of halogens is 3. The standard InChI is InChI=1S/C8H8ClF2NO/c9-8-5(7(12)3-13)1-4(10)2-6(8)11/h1-2,7,13H,3,12H2. The molecule has 3 N–H and O–H groups in total. The van der Waals surface area contributed by atoms with E-state index in [-0.39, 0.29) is 10.6 Å². The molecule has 0 aliphatic heterocycles. The number of aliphatic hydroxyl groups is 1. The summed E-state index contributed by atoms with van der Waals surface area (Å²) in [5, 5.41) is 8.42. The van der Waals surface area contributed by atoms with Gasteiger partial charge in [-0.05, 0) is 11.6 Å². The summed E-state index contributed by atoms with van der Waals surface area (Å²) in [6, 6.07) is 0.806. The average molecular weight is 208 g/mol. The van der Waals surface area contributed by atoms with Gasteiger partial charge in [0.25, 0.3) is 0 Å². The van der Waals surface area contributed by atoms with Crippen LogP contribution in [-0.2, 0) is 0 Å². The fraction of sp³-hybridized carbons (Fsp3) is 0.250. The van der Waals surface area contributed by atoms with Crippen LogP contribution in [0.5, 0.6) is 0 Å². The minimum Gasteiger partial charge on any atom is -0.394 e. The Labute approximate surface area is 78.9 Å². The molecule has 0 bridgehead atoms. The van der Waals surface area contributed by atoms with Crippen LogP contribution in [0.25, 0.3) is 0 Å². The lowest BCUT2D eigenvalue weighted by Crippen LogP contribution is -2.15. The molecule has 0 spiro atoms. The SMILES string of the molecule is NC(CO)c1cc(F)cc(F)c1Cl. The molecular formula is C8H8ClF2NO. The number of nitrogens with two attached hydrogens (primary N) is 1. The van der Waals surface area contributed by atoms with Crippen molar-refractivity contribution < 1.29 is 13.9 Å². The highest BCUT2D eigenvalue weighted by molar-refractivity contribution is 6.31. The molecule has 0 heterocycles. The van der Waals surface area contributed by atoms with Gasteiger partial charge >= 0.3 is 0 Å². The minimum absolute atomic E-state index is 0.0710. The maximum Gasteiger partial charge on any atom is 0.145 e. The van der Waals surface area contributed by atoms with Gasteiger partial charge in [-0.2, -0.15) is 0 Å². The third-order valence-electron chi connectivity index (χ3n) is 1.62. The van der Waals surface area contributed by atoms with Gasteiger partial charge < -0.3 is 10.8 Å². The minimum atomic E-state index is -0.874. The average Bonchev–Trinajstić information content (AvgIpc) is 2.10. The van der Waals surface area contributed by atoms with Crippen molar-refractivity contribution in [3.8, 4) is 0 Å². The first kappa shape index (κ1) is 10.4. The van der Waals surface area contributed by atoms with E-state index in [4.69, 9.17) is 22.4 Å². The van der Waals surface area contributed by atoms with Crippen molar-refractivity contribution in [3.05, 3.63) is 34.4 Å². The molecule has 1 unspecified atom stereocenters. The fourth-order valence-corrected chi connectivity index (χ4v) is 1.19. The molecule has 0 amide bonds. The second kappa shape index (κ2) is 4.00. The summed E-state index contributed by atoms with van der Waals surface area (Å²) in [6.07, 6.45) is 0. The van der Waals surface area contributed by atoms with E-state index in [0.717, 1.165) is 6.07 Å². The maximum atomic E-state index is 12.8. The molecule has 5 heteroatoms. The van der Waals surface area contributed by atoms with Crippen LogP contribution >= 0.6 is 11.6 Å². The molecule has 0 aliphatic carbocycles. The zero-order valence-corrected chi connectivity index (χ0v) is 7.35. The van der Waals surface area contributed by atoms with Gasteiger partial charge in [0, 0.05) is 6.07 Å². The molecule has 0 saturated heterocycles. The summed E-state index contributed by atoms with van der Waals surface area (Å²) < 4.78 is 25.5. The first-order chi connectivity index (χ1) is 6.06. The van der Waals surface area contributed by atoms with Gasteiger partial charge in [0.05, 0.1) is 17.7 Å². The fourth-order valence-electron chi connectivity index (χ4n) is 0.944. The Morgan fingerprint density at radius 1 is 1.46 bits per heavy atom. The molecule has 72 valence electrons. The second-order valence-corrected chi connectivity index (χ2v) is 2.96. The van der Waals surface area contributed by atoms with Crippen LogP contribution in [0.2, 0.25) is 5.02 Å². The summed E-state index contributed by atoms with van der Waals surface area (Å²) in [5.74, 6) is -1.64. The summed E-state index contributed by atoms with van der Waals surface area (Å²) in [5.41, 5.74) is 5.44. The van der Waals surface area contributed by atoms with Crippen molar-refractivity contribution in [1.29, 1.82) is 0 Å². The van der Waals surface area contributed by atoms with Gasteiger partial charge in [0.1, 0.15) is 11.6 Å². The van der Waals surface area contributed by atoms with E-state index in [1.54, 1.807) is 0 Å². The largest absolute Gasteiger partial charge is 0.394 e. The van der Waals surface area contributed by atoms with Crippen LogP contribution < -0.4 is 5.73 Å². The molecule has 13 heavy (non-hydrogen) atoms. The highest BCUT2D eigenvalue weighted by atomic mass is 35.5. The second-order valence-electron chi connectivity index (χ2n) is 2.58. The third-order valence-corrected chi connectivity index (χ3v) is 2.02. The Balaban J connectivity index is 3.20. The van der Waals surface area contributed by atoms with E-state index < -0.39 is 24.3 Å². The molecule has 2 nitrogen and oxygen atoms in total. The molecule has 0 aromatic heterocycles. The van der Waals surface area contributed by atoms with Gasteiger partial charge in [-0.15, -0.1) is 0 Å². The predicted octanol–water partition coefficient (Wildman–Crippen LogP) is 1.61. The molecule has 1 aromatic carbocycles. The molecule has 0 radical (unpaired) electrons. The van der Waals surface area contributed by atoms with Gasteiger partial charge in [-0.1, -0.05) is 11.6 Å². The summed E-state index contributed by atoms with van der Waals surface area (Å²) in [4.78, 5) is 0. The quantitative estimate of drug-likeness (QED) is 0.724. The van der Waals surface area contributed by atoms with Crippen molar-refractivity contribution in [2.24, 2.45) is 5.73 Å². The molecule has 1 rings (SSSR count). The van der Waals surface area contributed by atoms with E-state index in [1.807, 2.05) is 0 Å². The van der Waals surface area contributed by atoms with E-state index in [9.17, 15) is 8.78 Å². The lowest BCUT2D eigenvalue weighted by atomic mass is 10.1. The first-order valence-electron chi connectivity index (χ1n) is 3.57. The Morgan fingerprint density at radius 2 is 2.08 bits per heavy atom. The van der Waals surface area contributed by atoms with Crippen LogP contribution in [0.4, 0.5) is 8.78 Å². The monoisotopic (exact) mass is 207 g/mol. The van der Waals surface area contributed by atoms with E-state index in [1.165, 1.54) is 0 Å². The third kappa shape index (κ3) is 2.15. The smallest absolute Gasteiger partial charge is 0.145 e. The lowest BCUT2D eigenvalue weighted by molar-refractivity contribution is 0.267. The Bertz CT molecular complexity index is 319. The Kier molecular flexibility index (Phi) is 3.19. The van der Waals surface area contributed by atoms with E-state index >= 15 is 0 Å². The van der Waals surface area contributed by atoms with Crippen LogP contribution in [-0.4, -0.2) is 11.7 Å². The summed E-state index contributed by atoms with van der Waals surface area (Å²) in [6.45, 7) is -0.414. The maximum absolute atomic E-state index is 12.8. The van der Waals surface area contributed by atoms with Crippen molar-refractivity contribution in [2.75, 3.05) is 6.61 Å². The number of aliphatic hydroxyl groups excluding tert-OH is 1. The van der Waals surface area contributed by atoms with Gasteiger partial charge in [-0.3, -0.25) is 0 Å². The van der Waals surface area contributed by atoms with E-state index in [0.29, 0.717) is 6.07 Å². The van der Waals surface area contributed by atoms with Crippen LogP contribution in [0, 0.1) is 11.6 Å². The van der Waals surface area contributed by atoms with Crippen molar-refractivity contribution in [3.63, 3.8) is 0 Å². The molecule has 1 aromatic rings. The van der Waals surface area contributed by atoms with Crippen molar-refractivity contribution >= 4 is 11.6 Å². The van der Waals surface area contributed by atoms with Crippen LogP contribution in [0.3, 0.4) is 0 Å². The highest BCUT2D eigenvalue weighted by Crippen LogP contribution is 2.25. The van der Waals surface area contributed by atoms with Gasteiger partial charge in [0.15, 0.2) is 0 Å². The zero-order chi connectivity index (χ0) is 10.0. The summed E-state index contributed by atoms with van der Waals surface area (Å²) >= 11 is 5.51. The lowest BCUT2D eigenvalue weighted by Gasteiger charge is -2.10. The molecular weight excluding hydrogens is 200 g/mol. The Morgan fingerprint density at radius 3 is 2.62 bits per heavy atom. The number of hydrogen-bond donors (Lipinski definition) is 2. The van der Waals surface area contributed by atoms with Gasteiger partial charge in [-0.25, -0.2) is 8.78 Å². The summed E-state index contributed by atoms with van der Waals surface area (Å²) in [7, 11) is 0. The molecule has 0 saturated carbocycles. The number of benzene rings is 1. The van der Waals surface area contributed by atoms with Crippen molar-refractivity contribution in [1.82, 2.24) is 0 Å². The number of hydrogen-bond acceptors (Lipinski definition) is 2. The molecule has 1 atom stereocenters. The number of rotatable bonds is 2. The Hall–Kier alpha value is -0.710. The predicted molar refractivity (Wildman–Crippen MR) is 45.4 cm³/mol. The zero-order valence-electron chi connectivity index (χ0n) is 6.60. The van der Waals surface area contributed by atoms with Crippen LogP contribution in [0.1, 0.15) is 11.6 Å².